The number of aromatic nitrogens is 5. The van der Waals surface area contributed by atoms with E-state index in [1.807, 2.05) is 47.0 Å². The predicted octanol–water partition coefficient (Wildman–Crippen LogP) is 9.02. The molecule has 0 radical (unpaired) electrons. The Morgan fingerprint density at radius 2 is 1.70 bits per heavy atom. The van der Waals surface area contributed by atoms with Crippen molar-refractivity contribution in [2.24, 2.45) is 14.1 Å². The van der Waals surface area contributed by atoms with Crippen molar-refractivity contribution in [2.75, 3.05) is 6.61 Å². The number of rotatable bonds is 0. The Morgan fingerprint density at radius 3 is 2.57 bits per heavy atom. The van der Waals surface area contributed by atoms with Crippen molar-refractivity contribution in [1.29, 1.82) is 0 Å². The van der Waals surface area contributed by atoms with Crippen molar-refractivity contribution in [3.63, 3.8) is 0 Å². The molecule has 0 saturated carbocycles. The van der Waals surface area contributed by atoms with Gasteiger partial charge in [-0.2, -0.15) is 10.2 Å². The maximum atomic E-state index is 7.05. The van der Waals surface area contributed by atoms with Crippen LogP contribution in [0, 0.1) is 20.8 Å². The summed E-state index contributed by atoms with van der Waals surface area (Å²) in [7, 11) is 4.06. The summed E-state index contributed by atoms with van der Waals surface area (Å²) in [6.07, 6.45) is 0.888. The fourth-order valence-corrected chi connectivity index (χ4v) is 8.50. The van der Waals surface area contributed by atoms with Crippen LogP contribution >= 0.6 is 35.1 Å². The fourth-order valence-electron chi connectivity index (χ4n) is 6.41. The molecule has 1 aliphatic rings. The normalized spacial score (nSPS) is 14.5. The van der Waals surface area contributed by atoms with Crippen LogP contribution in [0.5, 0.6) is 5.75 Å². The van der Waals surface area contributed by atoms with Crippen molar-refractivity contribution >= 4 is 56.8 Å². The molecule has 1 aliphatic heterocycles. The van der Waals surface area contributed by atoms with E-state index in [9.17, 15) is 0 Å². The molecule has 44 heavy (non-hydrogen) atoms. The zero-order valence-electron chi connectivity index (χ0n) is 25.8. The van der Waals surface area contributed by atoms with E-state index in [0.29, 0.717) is 6.61 Å². The zero-order valence-corrected chi connectivity index (χ0v) is 28.2. The summed E-state index contributed by atoms with van der Waals surface area (Å²) in [5.41, 5.74) is 10.4. The minimum atomic E-state index is 0.630. The van der Waals surface area contributed by atoms with Gasteiger partial charge in [0.25, 0.3) is 0 Å². The molecular weight excluding hydrogens is 606 g/mol. The van der Waals surface area contributed by atoms with Crippen LogP contribution in [-0.2, 0) is 37.9 Å². The van der Waals surface area contributed by atoms with Crippen molar-refractivity contribution in [1.82, 2.24) is 24.1 Å². The van der Waals surface area contributed by atoms with Gasteiger partial charge in [-0.1, -0.05) is 35.9 Å². The van der Waals surface area contributed by atoms with Crippen LogP contribution in [0.15, 0.2) is 59.5 Å². The molecule has 8 bridgehead atoms. The molecule has 0 N–H and O–H groups in total. The first-order valence-electron chi connectivity index (χ1n) is 15.0. The average molecular weight is 642 g/mol. The van der Waals surface area contributed by atoms with E-state index >= 15 is 0 Å². The number of thioether (sulfide) groups is 2. The van der Waals surface area contributed by atoms with Gasteiger partial charge in [-0.25, -0.2) is 0 Å². The van der Waals surface area contributed by atoms with Crippen LogP contribution in [0.25, 0.3) is 32.8 Å². The van der Waals surface area contributed by atoms with Crippen LogP contribution in [0.4, 0.5) is 0 Å². The lowest BCUT2D eigenvalue weighted by Gasteiger charge is -2.14. The second-order valence-electron chi connectivity index (χ2n) is 11.6. The van der Waals surface area contributed by atoms with E-state index in [4.69, 9.17) is 26.5 Å². The summed E-state index contributed by atoms with van der Waals surface area (Å²) >= 11 is 10.7. The monoisotopic (exact) mass is 641 g/mol. The summed E-state index contributed by atoms with van der Waals surface area (Å²) in [6, 6.07) is 19.4. The van der Waals surface area contributed by atoms with Crippen molar-refractivity contribution in [3.05, 3.63) is 93.7 Å². The van der Waals surface area contributed by atoms with Gasteiger partial charge in [0, 0.05) is 92.3 Å². The molecule has 0 atom stereocenters. The van der Waals surface area contributed by atoms with Gasteiger partial charge in [0.1, 0.15) is 5.75 Å². The lowest BCUT2D eigenvalue weighted by molar-refractivity contribution is 0.305. The fraction of sp³-hybridized carbons (Fsp3) is 0.314. The van der Waals surface area contributed by atoms with Gasteiger partial charge in [0.2, 0.25) is 0 Å². The maximum Gasteiger partial charge on any atom is 0.128 e. The van der Waals surface area contributed by atoms with E-state index in [0.717, 1.165) is 74.6 Å². The molecule has 0 saturated heterocycles. The summed E-state index contributed by atoms with van der Waals surface area (Å²) in [5, 5.41) is 14.2. The number of hydrogen-bond donors (Lipinski definition) is 0. The van der Waals surface area contributed by atoms with Gasteiger partial charge < -0.3 is 9.30 Å². The van der Waals surface area contributed by atoms with Crippen LogP contribution < -0.4 is 4.74 Å². The summed E-state index contributed by atoms with van der Waals surface area (Å²) in [5.74, 6) is 3.37. The second kappa shape index (κ2) is 11.9. The number of fused-ring (bicyclic) bond motifs is 8. The Hall–Kier alpha value is -3.33. The van der Waals surface area contributed by atoms with E-state index in [2.05, 4.69) is 79.9 Å². The number of halogens is 1. The Morgan fingerprint density at radius 1 is 0.864 bits per heavy atom. The molecule has 0 aliphatic carbocycles. The van der Waals surface area contributed by atoms with Gasteiger partial charge >= 0.3 is 0 Å². The van der Waals surface area contributed by atoms with Crippen LogP contribution in [-0.4, -0.2) is 30.7 Å². The molecule has 0 unspecified atom stereocenters. The molecule has 6 aromatic rings. The largest absolute Gasteiger partial charge is 0.493 e. The average Bonchev–Trinajstić information content (AvgIpc) is 3.59. The van der Waals surface area contributed by atoms with Gasteiger partial charge in [0.15, 0.2) is 0 Å². The molecule has 3 aromatic carbocycles. The smallest absolute Gasteiger partial charge is 0.128 e. The van der Waals surface area contributed by atoms with Crippen LogP contribution in [0.3, 0.4) is 0 Å². The van der Waals surface area contributed by atoms with E-state index in [1.165, 1.54) is 38.1 Å². The highest BCUT2D eigenvalue weighted by molar-refractivity contribution is 7.98. The van der Waals surface area contributed by atoms with Crippen LogP contribution in [0.1, 0.15) is 40.5 Å². The quantitative estimate of drug-likeness (QED) is 0.166. The molecule has 9 heteroatoms. The minimum absolute atomic E-state index is 0.630. The molecule has 0 fully saturated rings. The second-order valence-corrected chi connectivity index (χ2v) is 14.0. The first-order valence-corrected chi connectivity index (χ1v) is 17.5. The third kappa shape index (κ3) is 5.21. The third-order valence-corrected chi connectivity index (χ3v) is 11.2. The zero-order chi connectivity index (χ0) is 30.5. The first-order chi connectivity index (χ1) is 21.3. The van der Waals surface area contributed by atoms with Crippen molar-refractivity contribution in [2.45, 2.75) is 55.9 Å². The summed E-state index contributed by atoms with van der Waals surface area (Å²) < 4.78 is 12.9. The first kappa shape index (κ1) is 29.4. The van der Waals surface area contributed by atoms with E-state index in [-0.39, 0.29) is 0 Å². The highest BCUT2D eigenvalue weighted by Crippen LogP contribution is 2.43. The molecule has 4 heterocycles. The molecule has 0 amide bonds. The SMILES string of the molecule is Cc1c(C)n2c3ccc(Cl)c(c13)-c1c(nn(C)c1C)CSCc1cc(n(C)n1)CSc1cc(c3ccccc3c1)OCCC2. The number of ether oxygens (including phenoxy) is 1. The maximum absolute atomic E-state index is 7.05. The van der Waals surface area contributed by atoms with Crippen LogP contribution in [0.2, 0.25) is 5.02 Å². The Balaban J connectivity index is 1.33. The molecule has 6 nitrogen and oxygen atoms in total. The molecule has 226 valence electrons. The van der Waals surface area contributed by atoms with Gasteiger partial charge in [-0.3, -0.25) is 9.36 Å². The Bertz CT molecular complexity index is 2040. The minimum Gasteiger partial charge on any atom is -0.493 e. The number of nitrogens with zero attached hydrogens (tertiary/aromatic N) is 5. The Labute approximate surface area is 271 Å². The Kier molecular flexibility index (Phi) is 7.93. The summed E-state index contributed by atoms with van der Waals surface area (Å²) in [4.78, 5) is 1.20. The third-order valence-electron chi connectivity index (χ3n) is 8.89. The van der Waals surface area contributed by atoms with E-state index < -0.39 is 0 Å². The van der Waals surface area contributed by atoms with Crippen molar-refractivity contribution < 1.29 is 4.74 Å². The highest BCUT2D eigenvalue weighted by atomic mass is 35.5. The topological polar surface area (TPSA) is 49.8 Å². The number of hydrogen-bond acceptors (Lipinski definition) is 5. The van der Waals surface area contributed by atoms with Gasteiger partial charge in [0.05, 0.1) is 18.0 Å². The number of aryl methyl sites for hydroxylation is 4. The number of benzene rings is 3. The molecule has 0 spiro atoms. The standard InChI is InChI=1S/C35H36ClN5OS2/c1-21-22(2)41-13-8-14-42-32-17-27(15-24-9-6-7-10-28(24)32)44-19-26-16-25(37-40(26)5)18-43-20-30-34(23(3)39(4)38-30)35-29(36)11-12-31(41)33(21)35/h6-7,9-12,15-17H,8,13-14,18-20H2,1-5H3. The molecule has 3 aromatic heterocycles. The van der Waals surface area contributed by atoms with Crippen molar-refractivity contribution in [3.8, 4) is 16.9 Å². The highest BCUT2D eigenvalue weighted by Gasteiger charge is 2.24. The lowest BCUT2D eigenvalue weighted by atomic mass is 9.97. The molecular formula is C35H36ClN5OS2. The predicted molar refractivity (Wildman–Crippen MR) is 185 cm³/mol. The summed E-state index contributed by atoms with van der Waals surface area (Å²) in [6.45, 7) is 8.07. The van der Waals surface area contributed by atoms with Gasteiger partial charge in [-0.05, 0) is 68.5 Å². The lowest BCUT2D eigenvalue weighted by Crippen LogP contribution is -2.06. The van der Waals surface area contributed by atoms with Gasteiger partial charge in [-0.15, -0.1) is 23.5 Å². The van der Waals surface area contributed by atoms with E-state index in [1.54, 1.807) is 0 Å². The molecule has 7 rings (SSSR count).